The lowest BCUT2D eigenvalue weighted by molar-refractivity contribution is -0.390. The minimum absolute atomic E-state index is 0.642. The van der Waals surface area contributed by atoms with Crippen molar-refractivity contribution < 1.29 is 124 Å². The van der Waals surface area contributed by atoms with Gasteiger partial charge in [-0.1, -0.05) is 0 Å². The molecule has 366 valence electrons. The third kappa shape index (κ3) is 16.1. The van der Waals surface area contributed by atoms with E-state index in [2.05, 4.69) is 0 Å². The molecule has 26 heteroatoms. The lowest BCUT2D eigenvalue weighted by Crippen LogP contribution is -2.69. The van der Waals surface area contributed by atoms with Crippen LogP contribution in [0.4, 0.5) is 0 Å². The molecule has 3 saturated heterocycles. The molecular formula is C39H54O26. The second-order valence-corrected chi connectivity index (χ2v) is 14.5. The zero-order chi connectivity index (χ0) is 48.9. The van der Waals surface area contributed by atoms with Crippen LogP contribution in [0.5, 0.6) is 0 Å². The number of ether oxygens (including phenoxy) is 16. The highest BCUT2D eigenvalue weighted by atomic mass is 16.8. The van der Waals surface area contributed by atoms with Gasteiger partial charge < -0.3 is 75.8 Å². The highest BCUT2D eigenvalue weighted by Gasteiger charge is 2.60. The van der Waals surface area contributed by atoms with Gasteiger partial charge in [-0.3, -0.25) is 47.9 Å². The van der Waals surface area contributed by atoms with E-state index >= 15 is 0 Å². The van der Waals surface area contributed by atoms with Crippen LogP contribution in [0.25, 0.3) is 0 Å². The summed E-state index contributed by atoms with van der Waals surface area (Å²) < 4.78 is 91.3. The summed E-state index contributed by atoms with van der Waals surface area (Å²) in [6, 6.07) is 0. The number of esters is 10. The molecule has 3 aliphatic rings. The first-order valence-electron chi connectivity index (χ1n) is 19.8. The maximum Gasteiger partial charge on any atom is 0.303 e. The van der Waals surface area contributed by atoms with Crippen molar-refractivity contribution in [2.75, 3.05) is 26.9 Å². The molecule has 3 heterocycles. The van der Waals surface area contributed by atoms with Crippen LogP contribution in [-0.2, 0) is 124 Å². The van der Waals surface area contributed by atoms with E-state index in [0.717, 1.165) is 76.3 Å². The van der Waals surface area contributed by atoms with Crippen molar-refractivity contribution >= 4 is 59.7 Å². The van der Waals surface area contributed by atoms with Gasteiger partial charge in [0.1, 0.15) is 50.3 Å². The van der Waals surface area contributed by atoms with Crippen molar-refractivity contribution in [3.05, 3.63) is 0 Å². The van der Waals surface area contributed by atoms with Crippen LogP contribution in [0.15, 0.2) is 0 Å². The molecule has 0 aliphatic carbocycles. The minimum Gasteiger partial charge on any atom is -0.463 e. The van der Waals surface area contributed by atoms with E-state index in [-0.39, 0.29) is 0 Å². The summed E-state index contributed by atoms with van der Waals surface area (Å²) in [6.07, 6.45) is -26.2. The van der Waals surface area contributed by atoms with Crippen molar-refractivity contribution in [1.82, 2.24) is 0 Å². The predicted octanol–water partition coefficient (Wildman–Crippen LogP) is -1.21. The van der Waals surface area contributed by atoms with Crippen molar-refractivity contribution in [3.63, 3.8) is 0 Å². The van der Waals surface area contributed by atoms with Gasteiger partial charge >= 0.3 is 59.7 Å². The first-order chi connectivity index (χ1) is 30.4. The summed E-state index contributed by atoms with van der Waals surface area (Å²) in [4.78, 5) is 124. The monoisotopic (exact) mass is 938 g/mol. The largest absolute Gasteiger partial charge is 0.463 e. The molecule has 65 heavy (non-hydrogen) atoms. The molecule has 26 nitrogen and oxygen atoms in total. The Morgan fingerprint density at radius 3 is 0.831 bits per heavy atom. The van der Waals surface area contributed by atoms with Gasteiger partial charge in [0.25, 0.3) is 0 Å². The van der Waals surface area contributed by atoms with E-state index < -0.39 is 172 Å². The van der Waals surface area contributed by atoms with Crippen molar-refractivity contribution in [1.29, 1.82) is 0 Å². The Morgan fingerprint density at radius 1 is 0.308 bits per heavy atom. The molecule has 0 aromatic carbocycles. The molecule has 0 saturated carbocycles. The van der Waals surface area contributed by atoms with Gasteiger partial charge in [0.05, 0.1) is 0 Å². The molecular weight excluding hydrogens is 884 g/mol. The molecule has 3 fully saturated rings. The average Bonchev–Trinajstić information content (AvgIpc) is 3.17. The summed E-state index contributed by atoms with van der Waals surface area (Å²) in [5.74, 6) is -9.26. The Morgan fingerprint density at radius 2 is 0.554 bits per heavy atom. The smallest absolute Gasteiger partial charge is 0.303 e. The van der Waals surface area contributed by atoms with E-state index in [1.165, 1.54) is 0 Å². The van der Waals surface area contributed by atoms with Crippen molar-refractivity contribution in [2.24, 2.45) is 0 Å². The molecule has 0 N–H and O–H groups in total. The fraction of sp³-hybridized carbons (Fsp3) is 0.744. The Kier molecular flexibility index (Phi) is 20.4. The molecule has 0 aromatic heterocycles. The van der Waals surface area contributed by atoms with Crippen LogP contribution in [0.3, 0.4) is 0 Å². The van der Waals surface area contributed by atoms with Gasteiger partial charge in [0.2, 0.25) is 0 Å². The zero-order valence-electron chi connectivity index (χ0n) is 37.4. The SMILES string of the molecule is CO[C@@H]1O[C@H](COC(C)=O)[C@H](OC(C)=O)[C@H](O[C@@H]2O[C@H](COC(C)=O)[C@H](OC(C)=O)[C@H](OC(C)=O)[C@H]2OC(C)=O)[C@H]1O[C@@H]1O[C@H](COC(C)=O)[C@H](OC(C)=O)[C@H](OC(C)=O)[C@H]1OC(C)=O. The number of hydrogen-bond donors (Lipinski definition) is 0. The summed E-state index contributed by atoms with van der Waals surface area (Å²) in [7, 11) is 1.12. The first-order valence-corrected chi connectivity index (χ1v) is 19.8. The van der Waals surface area contributed by atoms with Crippen LogP contribution in [0.1, 0.15) is 69.2 Å². The van der Waals surface area contributed by atoms with Gasteiger partial charge in [-0.15, -0.1) is 0 Å². The molecule has 0 aromatic rings. The standard InChI is InChI=1S/C39H54O26/c1-15(40)51-12-25-30(56-20(6)45)33(64-38-35(59-23(9)48)31(57-21(7)46)28(54-18(4)43)26(62-38)13-52-16(2)41)34(37(50-11)61-25)65-39-36(60-24(10)49)32(58-22(8)47)29(55-19(5)44)27(63-39)14-53-17(3)42/h25-39H,12-14H2,1-11H3/t25-,26-,27-,28+,29+,30+,31+,32+,33+,34-,35-,36-,37-,38+,39+/m1/s1. The van der Waals surface area contributed by atoms with Crippen LogP contribution >= 0.6 is 0 Å². The summed E-state index contributed by atoms with van der Waals surface area (Å²) in [5, 5.41) is 0. The third-order valence-corrected chi connectivity index (χ3v) is 9.06. The molecule has 0 spiro atoms. The topological polar surface area (TPSA) is 318 Å². The highest BCUT2D eigenvalue weighted by Crippen LogP contribution is 2.38. The number of hydrogen-bond acceptors (Lipinski definition) is 26. The van der Waals surface area contributed by atoms with Gasteiger partial charge in [0.15, 0.2) is 61.6 Å². The molecule has 0 bridgehead atoms. The molecule has 3 rings (SSSR count). The number of rotatable bonds is 18. The zero-order valence-corrected chi connectivity index (χ0v) is 37.4. The first kappa shape index (κ1) is 53.8. The number of methoxy groups -OCH3 is 1. The maximum absolute atomic E-state index is 12.8. The van der Waals surface area contributed by atoms with E-state index in [0.29, 0.717) is 0 Å². The Bertz CT molecular complexity index is 1750. The second-order valence-electron chi connectivity index (χ2n) is 14.5. The van der Waals surface area contributed by atoms with Crippen LogP contribution in [0.2, 0.25) is 0 Å². The van der Waals surface area contributed by atoms with Gasteiger partial charge in [-0.2, -0.15) is 0 Å². The lowest BCUT2D eigenvalue weighted by atomic mass is 9.95. The van der Waals surface area contributed by atoms with Crippen molar-refractivity contribution in [3.8, 4) is 0 Å². The fourth-order valence-electron chi connectivity index (χ4n) is 6.94. The number of carbonyl (C=O) groups excluding carboxylic acids is 10. The second kappa shape index (κ2) is 24.7. The molecule has 15 atom stereocenters. The van der Waals surface area contributed by atoms with Crippen molar-refractivity contribution in [2.45, 2.75) is 161 Å². The quantitative estimate of drug-likeness (QED) is 0.115. The normalized spacial score (nSPS) is 32.0. The summed E-state index contributed by atoms with van der Waals surface area (Å²) in [6.45, 7) is 8.11. The number of carbonyl (C=O) groups is 10. The van der Waals surface area contributed by atoms with Gasteiger partial charge in [-0.25, -0.2) is 0 Å². The average molecular weight is 939 g/mol. The Hall–Kier alpha value is -5.54. The van der Waals surface area contributed by atoms with Crippen LogP contribution in [0, 0.1) is 0 Å². The summed E-state index contributed by atoms with van der Waals surface area (Å²) >= 11 is 0. The van der Waals surface area contributed by atoms with Crippen LogP contribution in [-0.4, -0.2) is 179 Å². The third-order valence-electron chi connectivity index (χ3n) is 9.06. The highest BCUT2D eigenvalue weighted by molar-refractivity contribution is 5.70. The molecule has 0 radical (unpaired) electrons. The van der Waals surface area contributed by atoms with E-state index in [1.54, 1.807) is 0 Å². The summed E-state index contributed by atoms with van der Waals surface area (Å²) in [5.41, 5.74) is 0. The minimum atomic E-state index is -2.00. The van der Waals surface area contributed by atoms with E-state index in [9.17, 15) is 47.9 Å². The van der Waals surface area contributed by atoms with E-state index in [1.807, 2.05) is 0 Å². The predicted molar refractivity (Wildman–Crippen MR) is 202 cm³/mol. The molecule has 0 unspecified atom stereocenters. The Labute approximate surface area is 371 Å². The molecule has 0 amide bonds. The van der Waals surface area contributed by atoms with Gasteiger partial charge in [0, 0.05) is 76.3 Å². The van der Waals surface area contributed by atoms with E-state index in [4.69, 9.17) is 75.8 Å². The molecule has 3 aliphatic heterocycles. The van der Waals surface area contributed by atoms with Gasteiger partial charge in [-0.05, 0) is 0 Å². The Balaban J connectivity index is 2.35. The maximum atomic E-state index is 12.8. The lowest BCUT2D eigenvalue weighted by Gasteiger charge is -2.50. The fourth-order valence-corrected chi connectivity index (χ4v) is 6.94. The van der Waals surface area contributed by atoms with Crippen LogP contribution < -0.4 is 0 Å².